The number of nitrogens with zero attached hydrogens (tertiary/aromatic N) is 4. The first-order valence-corrected chi connectivity index (χ1v) is 7.20. The molecule has 0 aliphatic heterocycles. The normalized spacial score (nSPS) is 10.6. The van der Waals surface area contributed by atoms with Crippen LogP contribution in [0.4, 0.5) is 0 Å². The van der Waals surface area contributed by atoms with Crippen molar-refractivity contribution in [3.8, 4) is 6.07 Å². The van der Waals surface area contributed by atoms with Crippen molar-refractivity contribution in [3.05, 3.63) is 74.0 Å². The first kappa shape index (κ1) is 15.0. The van der Waals surface area contributed by atoms with Gasteiger partial charge in [-0.05, 0) is 23.8 Å². The highest BCUT2D eigenvalue weighted by atomic mass is 35.5. The van der Waals surface area contributed by atoms with E-state index in [1.807, 2.05) is 6.07 Å². The van der Waals surface area contributed by atoms with Crippen molar-refractivity contribution in [1.29, 1.82) is 5.26 Å². The van der Waals surface area contributed by atoms with E-state index < -0.39 is 11.2 Å². The summed E-state index contributed by atoms with van der Waals surface area (Å²) in [6, 6.07) is 12.1. The van der Waals surface area contributed by atoms with Gasteiger partial charge in [-0.2, -0.15) is 5.26 Å². The number of fused-ring (bicyclic) bond motifs is 1. The molecule has 0 unspecified atom stereocenters. The third-order valence-electron chi connectivity index (χ3n) is 3.49. The van der Waals surface area contributed by atoms with Gasteiger partial charge < -0.3 is 0 Å². The lowest BCUT2D eigenvalue weighted by molar-refractivity contribution is 0.639. The van der Waals surface area contributed by atoms with Crippen LogP contribution in [-0.2, 0) is 13.1 Å². The van der Waals surface area contributed by atoms with Crippen LogP contribution in [0.5, 0.6) is 0 Å². The van der Waals surface area contributed by atoms with Gasteiger partial charge in [-0.15, -0.1) is 0 Å². The Morgan fingerprint density at radius 1 is 1.13 bits per heavy atom. The van der Waals surface area contributed by atoms with Gasteiger partial charge >= 0.3 is 5.69 Å². The molecular weight excluding hydrogens is 316 g/mol. The molecule has 0 bridgehead atoms. The minimum Gasteiger partial charge on any atom is -0.268 e. The van der Waals surface area contributed by atoms with E-state index in [4.69, 9.17) is 16.9 Å². The summed E-state index contributed by atoms with van der Waals surface area (Å²) < 4.78 is 2.26. The Morgan fingerprint density at radius 2 is 1.91 bits per heavy atom. The Kier molecular flexibility index (Phi) is 3.96. The Morgan fingerprint density at radius 3 is 2.65 bits per heavy atom. The fourth-order valence-corrected chi connectivity index (χ4v) is 2.59. The molecule has 0 amide bonds. The standard InChI is InChI=1S/C16H11ClN4O2/c17-13-6-2-1-4-11(13)10-21-15(22)12-5-3-8-19-14(12)20(9-7-18)16(21)23/h1-6,8H,9-10H2. The minimum atomic E-state index is -0.581. The Labute approximate surface area is 135 Å². The van der Waals surface area contributed by atoms with E-state index in [0.29, 0.717) is 10.6 Å². The number of aromatic nitrogens is 3. The molecule has 23 heavy (non-hydrogen) atoms. The minimum absolute atomic E-state index is 0.0353. The predicted molar refractivity (Wildman–Crippen MR) is 86.4 cm³/mol. The van der Waals surface area contributed by atoms with Crippen molar-refractivity contribution < 1.29 is 0 Å². The second-order valence-electron chi connectivity index (χ2n) is 4.88. The lowest BCUT2D eigenvalue weighted by Gasteiger charge is -2.11. The molecule has 2 aromatic heterocycles. The molecular formula is C16H11ClN4O2. The van der Waals surface area contributed by atoms with Crippen LogP contribution < -0.4 is 11.2 Å². The Hall–Kier alpha value is -2.91. The maximum absolute atomic E-state index is 12.6. The van der Waals surface area contributed by atoms with Crippen LogP contribution in [0.15, 0.2) is 52.2 Å². The second-order valence-corrected chi connectivity index (χ2v) is 5.29. The van der Waals surface area contributed by atoms with Crippen molar-refractivity contribution >= 4 is 22.6 Å². The van der Waals surface area contributed by atoms with E-state index in [1.54, 1.807) is 36.4 Å². The third-order valence-corrected chi connectivity index (χ3v) is 3.86. The fourth-order valence-electron chi connectivity index (χ4n) is 2.40. The van der Waals surface area contributed by atoms with E-state index in [0.717, 1.165) is 4.57 Å². The van der Waals surface area contributed by atoms with Crippen molar-refractivity contribution in [2.75, 3.05) is 0 Å². The van der Waals surface area contributed by atoms with Gasteiger partial charge in [-0.3, -0.25) is 13.9 Å². The Balaban J connectivity index is 2.30. The molecule has 0 aliphatic carbocycles. The lowest BCUT2D eigenvalue weighted by atomic mass is 10.2. The zero-order valence-electron chi connectivity index (χ0n) is 11.9. The number of halogens is 1. The summed E-state index contributed by atoms with van der Waals surface area (Å²) in [5.41, 5.74) is -0.172. The summed E-state index contributed by atoms with van der Waals surface area (Å²) in [6.45, 7) is -0.150. The molecule has 3 rings (SSSR count). The topological polar surface area (TPSA) is 80.7 Å². The summed E-state index contributed by atoms with van der Waals surface area (Å²) in [6.07, 6.45) is 1.48. The predicted octanol–water partition coefficient (Wildman–Crippen LogP) is 1.78. The SMILES string of the molecule is N#CCn1c(=O)n(Cc2ccccc2Cl)c(=O)c2cccnc21. The second kappa shape index (κ2) is 6.07. The van der Waals surface area contributed by atoms with Gasteiger partial charge in [-0.1, -0.05) is 29.8 Å². The van der Waals surface area contributed by atoms with Gasteiger partial charge in [0.2, 0.25) is 0 Å². The van der Waals surface area contributed by atoms with Crippen molar-refractivity contribution in [2.24, 2.45) is 0 Å². The fraction of sp³-hybridized carbons (Fsp3) is 0.125. The van der Waals surface area contributed by atoms with Crippen LogP contribution in [0.3, 0.4) is 0 Å². The van der Waals surface area contributed by atoms with Crippen LogP contribution in [-0.4, -0.2) is 14.1 Å². The molecule has 0 N–H and O–H groups in total. The highest BCUT2D eigenvalue weighted by Crippen LogP contribution is 2.15. The van der Waals surface area contributed by atoms with Gasteiger partial charge in [-0.25, -0.2) is 9.78 Å². The number of benzene rings is 1. The molecule has 3 aromatic rings. The summed E-state index contributed by atoms with van der Waals surface area (Å²) >= 11 is 6.11. The maximum Gasteiger partial charge on any atom is 0.333 e. The Bertz CT molecular complexity index is 1050. The smallest absolute Gasteiger partial charge is 0.268 e. The highest BCUT2D eigenvalue weighted by molar-refractivity contribution is 6.31. The van der Waals surface area contributed by atoms with Gasteiger partial charge in [0.25, 0.3) is 5.56 Å². The molecule has 6 nitrogen and oxygen atoms in total. The van der Waals surface area contributed by atoms with Crippen LogP contribution in [0.1, 0.15) is 5.56 Å². The number of hydrogen-bond donors (Lipinski definition) is 0. The number of rotatable bonds is 3. The van der Waals surface area contributed by atoms with E-state index in [-0.39, 0.29) is 24.1 Å². The average molecular weight is 327 g/mol. The van der Waals surface area contributed by atoms with E-state index in [9.17, 15) is 9.59 Å². The third kappa shape index (κ3) is 2.62. The molecule has 114 valence electrons. The van der Waals surface area contributed by atoms with E-state index >= 15 is 0 Å². The number of hydrogen-bond acceptors (Lipinski definition) is 4. The van der Waals surface area contributed by atoms with Gasteiger partial charge in [0.05, 0.1) is 18.0 Å². The molecule has 0 radical (unpaired) electrons. The van der Waals surface area contributed by atoms with Crippen molar-refractivity contribution in [3.63, 3.8) is 0 Å². The van der Waals surface area contributed by atoms with Crippen LogP contribution in [0.25, 0.3) is 11.0 Å². The first-order valence-electron chi connectivity index (χ1n) is 6.82. The summed E-state index contributed by atoms with van der Waals surface area (Å²) in [7, 11) is 0. The molecule has 7 heteroatoms. The van der Waals surface area contributed by atoms with Crippen LogP contribution in [0, 0.1) is 11.3 Å². The quantitative estimate of drug-likeness (QED) is 0.734. The summed E-state index contributed by atoms with van der Waals surface area (Å²) in [5.74, 6) is 0. The lowest BCUT2D eigenvalue weighted by Crippen LogP contribution is -2.40. The summed E-state index contributed by atoms with van der Waals surface area (Å²) in [5, 5.41) is 9.71. The van der Waals surface area contributed by atoms with Gasteiger partial charge in [0, 0.05) is 11.2 Å². The van der Waals surface area contributed by atoms with Gasteiger partial charge in [0.15, 0.2) is 0 Å². The zero-order chi connectivity index (χ0) is 16.4. The monoisotopic (exact) mass is 326 g/mol. The molecule has 0 saturated carbocycles. The molecule has 0 spiro atoms. The molecule has 0 fully saturated rings. The molecule has 2 heterocycles. The number of pyridine rings is 1. The molecule has 1 aromatic carbocycles. The van der Waals surface area contributed by atoms with Gasteiger partial charge in [0.1, 0.15) is 12.2 Å². The molecule has 0 saturated heterocycles. The first-order chi connectivity index (χ1) is 11.1. The van der Waals surface area contributed by atoms with Crippen molar-refractivity contribution in [1.82, 2.24) is 14.1 Å². The van der Waals surface area contributed by atoms with Crippen LogP contribution >= 0.6 is 11.6 Å². The molecule has 0 aliphatic rings. The summed E-state index contributed by atoms with van der Waals surface area (Å²) in [4.78, 5) is 29.3. The van der Waals surface area contributed by atoms with E-state index in [1.165, 1.54) is 10.8 Å². The maximum atomic E-state index is 12.6. The van der Waals surface area contributed by atoms with E-state index in [2.05, 4.69) is 4.98 Å². The number of nitriles is 1. The largest absolute Gasteiger partial charge is 0.333 e. The van der Waals surface area contributed by atoms with Crippen LogP contribution in [0.2, 0.25) is 5.02 Å². The van der Waals surface area contributed by atoms with Crippen molar-refractivity contribution in [2.45, 2.75) is 13.1 Å². The molecule has 0 atom stereocenters. The highest BCUT2D eigenvalue weighted by Gasteiger charge is 2.14. The average Bonchev–Trinajstić information content (AvgIpc) is 2.57. The zero-order valence-corrected chi connectivity index (χ0v) is 12.7.